The molecule has 1 aliphatic heterocycles. The van der Waals surface area contributed by atoms with Gasteiger partial charge in [0.1, 0.15) is 13.2 Å². The molecule has 0 aliphatic carbocycles. The molecule has 7 heteroatoms. The molecule has 0 saturated heterocycles. The van der Waals surface area contributed by atoms with Gasteiger partial charge in [0.2, 0.25) is 5.91 Å². The van der Waals surface area contributed by atoms with Crippen LogP contribution in [0.5, 0.6) is 11.5 Å². The molecule has 29 heavy (non-hydrogen) atoms. The van der Waals surface area contributed by atoms with Crippen LogP contribution in [0, 0.1) is 0 Å². The van der Waals surface area contributed by atoms with Gasteiger partial charge in [-0.25, -0.2) is 0 Å². The number of rotatable bonds is 7. The molecule has 2 N–H and O–H groups in total. The number of fused-ring (bicyclic) bond motifs is 2. The third kappa shape index (κ3) is 4.33. The Morgan fingerprint density at radius 1 is 1.21 bits per heavy atom. The summed E-state index contributed by atoms with van der Waals surface area (Å²) in [6.45, 7) is 2.01. The highest BCUT2D eigenvalue weighted by Gasteiger charge is 2.24. The summed E-state index contributed by atoms with van der Waals surface area (Å²) in [6, 6.07) is 11.6. The molecule has 1 aromatic heterocycles. The molecule has 152 valence electrons. The van der Waals surface area contributed by atoms with Crippen LogP contribution in [0.4, 0.5) is 0 Å². The lowest BCUT2D eigenvalue weighted by Gasteiger charge is -2.22. The quantitative estimate of drug-likeness (QED) is 0.575. The van der Waals surface area contributed by atoms with E-state index in [1.54, 1.807) is 7.11 Å². The number of carbonyl (C=O) groups excluding carboxylic acids is 1. The van der Waals surface area contributed by atoms with Gasteiger partial charge in [-0.15, -0.1) is 0 Å². The topological polar surface area (TPSA) is 72.6 Å². The molecule has 1 aliphatic rings. The van der Waals surface area contributed by atoms with Crippen molar-refractivity contribution in [3.8, 4) is 11.5 Å². The Labute approximate surface area is 174 Å². The van der Waals surface area contributed by atoms with Crippen molar-refractivity contribution in [2.24, 2.45) is 0 Å². The third-order valence-electron chi connectivity index (χ3n) is 5.04. The molecule has 0 bridgehead atoms. The Bertz CT molecular complexity index is 1020. The van der Waals surface area contributed by atoms with Crippen molar-refractivity contribution in [1.82, 2.24) is 10.3 Å². The summed E-state index contributed by atoms with van der Waals surface area (Å²) in [7, 11) is 1.61. The minimum atomic E-state index is -0.166. The van der Waals surface area contributed by atoms with Crippen LogP contribution < -0.4 is 14.8 Å². The second-order valence-corrected chi connectivity index (χ2v) is 7.37. The summed E-state index contributed by atoms with van der Waals surface area (Å²) >= 11 is 6.24. The first-order valence-electron chi connectivity index (χ1n) is 9.57. The maximum atomic E-state index is 12.6. The first-order chi connectivity index (χ1) is 14.2. The summed E-state index contributed by atoms with van der Waals surface area (Å²) in [4.78, 5) is 15.9. The van der Waals surface area contributed by atoms with Gasteiger partial charge < -0.3 is 24.5 Å². The maximum Gasteiger partial charge on any atom is 0.221 e. The molecule has 1 amide bonds. The Balaban J connectivity index is 1.71. The van der Waals surface area contributed by atoms with Gasteiger partial charge in [0.05, 0.1) is 6.61 Å². The smallest absolute Gasteiger partial charge is 0.221 e. The maximum absolute atomic E-state index is 12.6. The predicted molar refractivity (Wildman–Crippen MR) is 112 cm³/mol. The second kappa shape index (κ2) is 8.76. The fourth-order valence-electron chi connectivity index (χ4n) is 3.64. The van der Waals surface area contributed by atoms with Gasteiger partial charge in [-0.2, -0.15) is 0 Å². The van der Waals surface area contributed by atoms with Crippen molar-refractivity contribution in [1.29, 1.82) is 0 Å². The first-order valence-corrected chi connectivity index (χ1v) is 9.95. The van der Waals surface area contributed by atoms with Crippen LogP contribution in [0.3, 0.4) is 0 Å². The number of carbonyl (C=O) groups is 1. The molecule has 0 spiro atoms. The first kappa shape index (κ1) is 19.6. The second-order valence-electron chi connectivity index (χ2n) is 6.94. The molecule has 4 rings (SSSR count). The number of H-pyrrole nitrogens is 1. The number of aromatic nitrogens is 1. The van der Waals surface area contributed by atoms with Crippen LogP contribution in [0.15, 0.2) is 42.6 Å². The Morgan fingerprint density at radius 3 is 2.86 bits per heavy atom. The largest absolute Gasteiger partial charge is 0.486 e. The molecular formula is C22H23ClN2O4. The Hall–Kier alpha value is -2.70. The number of benzene rings is 2. The van der Waals surface area contributed by atoms with Crippen LogP contribution in [0.25, 0.3) is 10.9 Å². The molecule has 0 fully saturated rings. The number of hydrogen-bond donors (Lipinski definition) is 2. The van der Waals surface area contributed by atoms with Gasteiger partial charge in [0, 0.05) is 48.1 Å². The van der Waals surface area contributed by atoms with E-state index < -0.39 is 0 Å². The molecule has 0 unspecified atom stereocenters. The van der Waals surface area contributed by atoms with Crippen molar-refractivity contribution in [2.75, 3.05) is 33.5 Å². The van der Waals surface area contributed by atoms with Crippen LogP contribution in [0.2, 0.25) is 5.02 Å². The normalized spacial score (nSPS) is 14.0. The summed E-state index contributed by atoms with van der Waals surface area (Å²) in [5.41, 5.74) is 2.98. The lowest BCUT2D eigenvalue weighted by molar-refractivity contribution is -0.121. The van der Waals surface area contributed by atoms with Crippen molar-refractivity contribution in [2.45, 2.75) is 12.3 Å². The highest BCUT2D eigenvalue weighted by atomic mass is 35.5. The number of halogens is 1. The van der Waals surface area contributed by atoms with E-state index in [1.807, 2.05) is 42.6 Å². The molecule has 0 radical (unpaired) electrons. The van der Waals surface area contributed by atoms with Crippen LogP contribution in [0.1, 0.15) is 23.5 Å². The highest BCUT2D eigenvalue weighted by molar-refractivity contribution is 6.31. The van der Waals surface area contributed by atoms with E-state index in [2.05, 4.69) is 10.3 Å². The monoisotopic (exact) mass is 414 g/mol. The zero-order valence-corrected chi connectivity index (χ0v) is 16.9. The summed E-state index contributed by atoms with van der Waals surface area (Å²) in [6.07, 6.45) is 2.24. The molecule has 1 atom stereocenters. The average Bonchev–Trinajstić information content (AvgIpc) is 3.14. The zero-order valence-electron chi connectivity index (χ0n) is 16.2. The van der Waals surface area contributed by atoms with Crippen LogP contribution in [-0.4, -0.2) is 44.4 Å². The van der Waals surface area contributed by atoms with E-state index in [1.165, 1.54) is 0 Å². The Morgan fingerprint density at radius 2 is 2.03 bits per heavy atom. The number of ether oxygens (including phenoxy) is 3. The lowest BCUT2D eigenvalue weighted by atomic mass is 9.87. The van der Waals surface area contributed by atoms with Crippen LogP contribution >= 0.6 is 11.6 Å². The van der Waals surface area contributed by atoms with Gasteiger partial charge in [0.25, 0.3) is 0 Å². The fourth-order valence-corrected chi connectivity index (χ4v) is 3.81. The molecule has 3 aromatic rings. The molecule has 0 saturated carbocycles. The van der Waals surface area contributed by atoms with E-state index >= 15 is 0 Å². The minimum absolute atomic E-state index is 0.0432. The van der Waals surface area contributed by atoms with E-state index in [0.29, 0.717) is 43.6 Å². The number of methoxy groups -OCH3 is 1. The van der Waals surface area contributed by atoms with Crippen molar-refractivity contribution >= 4 is 28.4 Å². The zero-order chi connectivity index (χ0) is 20.2. The number of hydrogen-bond acceptors (Lipinski definition) is 4. The van der Waals surface area contributed by atoms with Gasteiger partial charge >= 0.3 is 0 Å². The predicted octanol–water partition coefficient (Wildman–Crippen LogP) is 3.88. The van der Waals surface area contributed by atoms with Crippen LogP contribution in [-0.2, 0) is 9.53 Å². The Kier molecular flexibility index (Phi) is 5.92. The fraction of sp³-hybridized carbons (Fsp3) is 0.318. The molecule has 2 aromatic carbocycles. The van der Waals surface area contributed by atoms with Gasteiger partial charge in [0.15, 0.2) is 11.5 Å². The van der Waals surface area contributed by atoms with E-state index in [-0.39, 0.29) is 11.8 Å². The average molecular weight is 415 g/mol. The third-order valence-corrected chi connectivity index (χ3v) is 5.27. The summed E-state index contributed by atoms with van der Waals surface area (Å²) < 4.78 is 16.4. The van der Waals surface area contributed by atoms with E-state index in [0.717, 1.165) is 27.8 Å². The van der Waals surface area contributed by atoms with Gasteiger partial charge in [-0.3, -0.25) is 4.79 Å². The summed E-state index contributed by atoms with van der Waals surface area (Å²) in [5, 5.41) is 4.57. The number of aromatic amines is 1. The van der Waals surface area contributed by atoms with Gasteiger partial charge in [-0.05, 0) is 41.5 Å². The van der Waals surface area contributed by atoms with Crippen molar-refractivity contribution < 1.29 is 19.0 Å². The number of nitrogens with one attached hydrogen (secondary N) is 2. The molecular weight excluding hydrogens is 392 g/mol. The standard InChI is InChI=1S/C22H23ClN2O4/c1-27-7-6-24-22(26)12-16(14-2-5-20-21(10-14)29-9-8-28-20)18-13-25-19-4-3-15(23)11-17(18)19/h2-5,10-11,13,16,25H,6-9,12H2,1H3,(H,24,26)/t16-/m1/s1. The minimum Gasteiger partial charge on any atom is -0.486 e. The molecule has 2 heterocycles. The van der Waals surface area contributed by atoms with Crippen molar-refractivity contribution in [3.63, 3.8) is 0 Å². The molecule has 6 nitrogen and oxygen atoms in total. The van der Waals surface area contributed by atoms with Gasteiger partial charge in [-0.1, -0.05) is 17.7 Å². The lowest BCUT2D eigenvalue weighted by Crippen LogP contribution is -2.28. The highest BCUT2D eigenvalue weighted by Crippen LogP contribution is 2.39. The van der Waals surface area contributed by atoms with E-state index in [9.17, 15) is 4.79 Å². The SMILES string of the molecule is COCCNC(=O)C[C@H](c1ccc2c(c1)OCCO2)c1c[nH]c2ccc(Cl)cc12. The van der Waals surface area contributed by atoms with Crippen molar-refractivity contribution in [3.05, 3.63) is 58.7 Å². The van der Waals surface area contributed by atoms with E-state index in [4.69, 9.17) is 25.8 Å². The number of amides is 1. The summed E-state index contributed by atoms with van der Waals surface area (Å²) in [5.74, 6) is 1.22.